The Kier molecular flexibility index (Phi) is 5.23. The lowest BCUT2D eigenvalue weighted by Gasteiger charge is -2.35. The van der Waals surface area contributed by atoms with Crippen molar-refractivity contribution in [3.63, 3.8) is 0 Å². The SMILES string of the molecule is N#Cc1ccc(-c2c3ccccc3c(N3c4ccccc4-n4c(-c5ccccc5)nc5cccc3c54)c3ccccc23)cc1. The second-order valence-corrected chi connectivity index (χ2v) is 11.1. The molecule has 8 aromatic rings. The molecular formula is C40H24N4. The first-order valence-electron chi connectivity index (χ1n) is 14.7. The summed E-state index contributed by atoms with van der Waals surface area (Å²) in [4.78, 5) is 7.62. The molecule has 0 unspecified atom stereocenters. The Morgan fingerprint density at radius 2 is 1.09 bits per heavy atom. The molecule has 0 bridgehead atoms. The van der Waals surface area contributed by atoms with E-state index in [0.29, 0.717) is 5.56 Å². The van der Waals surface area contributed by atoms with E-state index in [1.807, 2.05) is 18.2 Å². The van der Waals surface area contributed by atoms with Gasteiger partial charge in [0.2, 0.25) is 0 Å². The zero-order chi connectivity index (χ0) is 29.2. The maximum atomic E-state index is 9.44. The predicted molar refractivity (Wildman–Crippen MR) is 180 cm³/mol. The van der Waals surface area contributed by atoms with Crippen LogP contribution < -0.4 is 4.90 Å². The van der Waals surface area contributed by atoms with Crippen LogP contribution in [0.1, 0.15) is 5.56 Å². The Balaban J connectivity index is 1.41. The van der Waals surface area contributed by atoms with Gasteiger partial charge in [-0.05, 0) is 58.3 Å². The first-order chi connectivity index (χ1) is 21.8. The van der Waals surface area contributed by atoms with Crippen LogP contribution in [0.3, 0.4) is 0 Å². The van der Waals surface area contributed by atoms with E-state index in [9.17, 15) is 5.26 Å². The predicted octanol–water partition coefficient (Wildman–Crippen LogP) is 10.3. The quantitative estimate of drug-likeness (QED) is 0.202. The highest BCUT2D eigenvalue weighted by molar-refractivity contribution is 6.23. The third-order valence-electron chi connectivity index (χ3n) is 8.72. The van der Waals surface area contributed by atoms with Gasteiger partial charge in [-0.15, -0.1) is 0 Å². The molecule has 9 rings (SSSR count). The van der Waals surface area contributed by atoms with E-state index in [0.717, 1.165) is 61.5 Å². The molecule has 0 N–H and O–H groups in total. The first kappa shape index (κ1) is 24.4. The number of benzene rings is 7. The Hall–Kier alpha value is -6.18. The zero-order valence-electron chi connectivity index (χ0n) is 23.6. The molecule has 4 heteroatoms. The van der Waals surface area contributed by atoms with Crippen molar-refractivity contribution in [2.75, 3.05) is 4.90 Å². The highest BCUT2D eigenvalue weighted by atomic mass is 15.2. The summed E-state index contributed by atoms with van der Waals surface area (Å²) in [5.74, 6) is 0.936. The van der Waals surface area contributed by atoms with Gasteiger partial charge >= 0.3 is 0 Å². The van der Waals surface area contributed by atoms with Crippen molar-refractivity contribution >= 4 is 49.6 Å². The Morgan fingerprint density at radius 3 is 1.77 bits per heavy atom. The number of para-hydroxylation sites is 3. The molecule has 0 aliphatic carbocycles. The summed E-state index contributed by atoms with van der Waals surface area (Å²) in [6, 6.07) is 53.0. The van der Waals surface area contributed by atoms with Crippen molar-refractivity contribution in [1.29, 1.82) is 5.26 Å². The lowest BCUT2D eigenvalue weighted by molar-refractivity contribution is 1.07. The fourth-order valence-corrected chi connectivity index (χ4v) is 6.89. The molecular weight excluding hydrogens is 536 g/mol. The number of fused-ring (bicyclic) bond motifs is 4. The van der Waals surface area contributed by atoms with Crippen LogP contribution in [0.5, 0.6) is 0 Å². The van der Waals surface area contributed by atoms with Crippen molar-refractivity contribution in [1.82, 2.24) is 9.55 Å². The normalized spacial score (nSPS) is 12.0. The van der Waals surface area contributed by atoms with Crippen LogP contribution in [0.15, 0.2) is 146 Å². The molecule has 1 aliphatic heterocycles. The van der Waals surface area contributed by atoms with Crippen molar-refractivity contribution in [2.24, 2.45) is 0 Å². The highest BCUT2D eigenvalue weighted by Gasteiger charge is 2.31. The van der Waals surface area contributed by atoms with Crippen LogP contribution in [0, 0.1) is 11.3 Å². The van der Waals surface area contributed by atoms with Crippen molar-refractivity contribution in [3.8, 4) is 34.3 Å². The van der Waals surface area contributed by atoms with Gasteiger partial charge in [0.1, 0.15) is 5.82 Å². The van der Waals surface area contributed by atoms with E-state index >= 15 is 0 Å². The summed E-state index contributed by atoms with van der Waals surface area (Å²) < 4.78 is 2.32. The lowest BCUT2D eigenvalue weighted by atomic mass is 9.89. The number of hydrogen-bond donors (Lipinski definition) is 0. The van der Waals surface area contributed by atoms with E-state index in [1.165, 1.54) is 16.3 Å². The van der Waals surface area contributed by atoms with Gasteiger partial charge in [-0.25, -0.2) is 4.98 Å². The minimum atomic E-state index is 0.656. The van der Waals surface area contributed by atoms with Gasteiger partial charge in [-0.2, -0.15) is 5.26 Å². The molecule has 4 nitrogen and oxygen atoms in total. The number of rotatable bonds is 3. The first-order valence-corrected chi connectivity index (χ1v) is 14.7. The molecule has 0 spiro atoms. The van der Waals surface area contributed by atoms with Gasteiger partial charge in [-0.3, -0.25) is 4.57 Å². The monoisotopic (exact) mass is 560 g/mol. The molecule has 0 saturated heterocycles. The number of nitriles is 1. The molecule has 0 fully saturated rings. The van der Waals surface area contributed by atoms with Crippen LogP contribution in [0.25, 0.3) is 60.8 Å². The van der Waals surface area contributed by atoms with E-state index in [2.05, 4.69) is 143 Å². The van der Waals surface area contributed by atoms with Gasteiger partial charge in [0.05, 0.1) is 45.4 Å². The molecule has 0 amide bonds. The third kappa shape index (κ3) is 3.41. The summed E-state index contributed by atoms with van der Waals surface area (Å²) >= 11 is 0. The Morgan fingerprint density at radius 1 is 0.500 bits per heavy atom. The van der Waals surface area contributed by atoms with E-state index in [-0.39, 0.29) is 0 Å². The average Bonchev–Trinajstić information content (AvgIpc) is 3.49. The summed E-state index contributed by atoms with van der Waals surface area (Å²) in [7, 11) is 0. The molecule has 44 heavy (non-hydrogen) atoms. The third-order valence-corrected chi connectivity index (χ3v) is 8.72. The van der Waals surface area contributed by atoms with Crippen LogP contribution in [-0.2, 0) is 0 Å². The molecule has 204 valence electrons. The number of imidazole rings is 1. The molecule has 1 aliphatic rings. The van der Waals surface area contributed by atoms with Crippen molar-refractivity contribution < 1.29 is 0 Å². The van der Waals surface area contributed by atoms with Crippen LogP contribution in [0.2, 0.25) is 0 Å². The number of nitrogens with zero attached hydrogens (tertiary/aromatic N) is 4. The molecule has 2 heterocycles. The summed E-state index contributed by atoms with van der Waals surface area (Å²) in [5.41, 5.74) is 10.5. The number of anilines is 3. The van der Waals surface area contributed by atoms with Crippen LogP contribution >= 0.6 is 0 Å². The zero-order valence-corrected chi connectivity index (χ0v) is 23.6. The second kappa shape index (κ2) is 9.42. The lowest BCUT2D eigenvalue weighted by Crippen LogP contribution is -2.19. The van der Waals surface area contributed by atoms with E-state index in [4.69, 9.17) is 4.98 Å². The fraction of sp³-hybridized carbons (Fsp3) is 0. The minimum absolute atomic E-state index is 0.656. The summed E-state index contributed by atoms with van der Waals surface area (Å²) in [6.45, 7) is 0. The minimum Gasteiger partial charge on any atom is -0.305 e. The van der Waals surface area contributed by atoms with Gasteiger partial charge in [0.15, 0.2) is 0 Å². The standard InChI is InChI=1S/C40H24N4/c41-25-26-21-23-27(24-22-26)37-29-13-4-6-15-31(29)38(32-16-7-5-14-30(32)37)43-34-18-8-9-19-35(34)44-39-33(17-10-20-36(39)43)42-40(44)28-11-2-1-3-12-28/h1-24H. The average molecular weight is 561 g/mol. The smallest absolute Gasteiger partial charge is 0.145 e. The van der Waals surface area contributed by atoms with Crippen LogP contribution in [-0.4, -0.2) is 9.55 Å². The maximum Gasteiger partial charge on any atom is 0.145 e. The summed E-state index contributed by atoms with van der Waals surface area (Å²) in [6.07, 6.45) is 0. The van der Waals surface area contributed by atoms with Gasteiger partial charge in [0.25, 0.3) is 0 Å². The fourth-order valence-electron chi connectivity index (χ4n) is 6.89. The van der Waals surface area contributed by atoms with Gasteiger partial charge < -0.3 is 4.90 Å². The van der Waals surface area contributed by atoms with Crippen molar-refractivity contribution in [2.45, 2.75) is 0 Å². The van der Waals surface area contributed by atoms with E-state index < -0.39 is 0 Å². The van der Waals surface area contributed by atoms with Crippen molar-refractivity contribution in [3.05, 3.63) is 151 Å². The topological polar surface area (TPSA) is 44.9 Å². The Labute approximate surface area is 254 Å². The molecule has 7 aromatic carbocycles. The highest BCUT2D eigenvalue weighted by Crippen LogP contribution is 2.53. The van der Waals surface area contributed by atoms with Gasteiger partial charge in [0, 0.05) is 16.3 Å². The largest absolute Gasteiger partial charge is 0.305 e. The molecule has 0 saturated carbocycles. The summed E-state index contributed by atoms with van der Waals surface area (Å²) in [5, 5.41) is 14.1. The molecule has 0 atom stereocenters. The van der Waals surface area contributed by atoms with E-state index in [1.54, 1.807) is 0 Å². The number of aromatic nitrogens is 2. The van der Waals surface area contributed by atoms with Gasteiger partial charge in [-0.1, -0.05) is 109 Å². The molecule has 1 aromatic heterocycles. The second-order valence-electron chi connectivity index (χ2n) is 11.1. The maximum absolute atomic E-state index is 9.44. The Bertz CT molecular complexity index is 2390. The van der Waals surface area contributed by atoms with Crippen LogP contribution in [0.4, 0.5) is 17.1 Å². The molecule has 0 radical (unpaired) electrons. The number of hydrogen-bond acceptors (Lipinski definition) is 3.